The minimum atomic E-state index is 0.351. The zero-order valence-electron chi connectivity index (χ0n) is 11.2. The van der Waals surface area contributed by atoms with Gasteiger partial charge in [0.2, 0.25) is 0 Å². The Bertz CT molecular complexity index is 225. The summed E-state index contributed by atoms with van der Waals surface area (Å²) in [5, 5.41) is 0. The Morgan fingerprint density at radius 1 is 1.25 bits per heavy atom. The van der Waals surface area contributed by atoms with E-state index in [2.05, 4.69) is 25.8 Å². The number of likely N-dealkylation sites (N-methyl/N-ethyl adjacent to an activating group) is 1. The molecule has 0 aromatic rings. The minimum Gasteiger partial charge on any atom is -0.329 e. The van der Waals surface area contributed by atoms with Crippen molar-refractivity contribution in [2.75, 3.05) is 13.6 Å². The number of hydrogen-bond donors (Lipinski definition) is 1. The zero-order chi connectivity index (χ0) is 11.8. The quantitative estimate of drug-likeness (QED) is 0.795. The van der Waals surface area contributed by atoms with E-state index in [-0.39, 0.29) is 0 Å². The van der Waals surface area contributed by atoms with Crippen LogP contribution in [0, 0.1) is 11.8 Å². The standard InChI is InChI=1S/C14H28N2/c1-11(2)12-8-14(9-12,10-15)16(3)13-6-4-5-7-13/h11-13H,4-10,15H2,1-3H3. The molecule has 0 aromatic heterocycles. The van der Waals surface area contributed by atoms with Crippen LogP contribution in [0.25, 0.3) is 0 Å². The second-order valence-electron chi connectivity index (χ2n) is 6.39. The maximum atomic E-state index is 6.06. The molecule has 2 heteroatoms. The molecule has 0 bridgehead atoms. The molecule has 0 amide bonds. The van der Waals surface area contributed by atoms with Crippen molar-refractivity contribution in [2.24, 2.45) is 17.6 Å². The minimum absolute atomic E-state index is 0.351. The number of nitrogens with zero attached hydrogens (tertiary/aromatic N) is 1. The van der Waals surface area contributed by atoms with Gasteiger partial charge in [0.1, 0.15) is 0 Å². The van der Waals surface area contributed by atoms with E-state index in [0.29, 0.717) is 5.54 Å². The third-order valence-electron chi connectivity index (χ3n) is 5.23. The van der Waals surface area contributed by atoms with Gasteiger partial charge in [-0.25, -0.2) is 0 Å². The van der Waals surface area contributed by atoms with Gasteiger partial charge in [0.05, 0.1) is 0 Å². The van der Waals surface area contributed by atoms with Gasteiger partial charge in [0, 0.05) is 18.1 Å². The van der Waals surface area contributed by atoms with Crippen LogP contribution < -0.4 is 5.73 Å². The molecule has 2 saturated carbocycles. The lowest BCUT2D eigenvalue weighted by atomic mass is 9.63. The van der Waals surface area contributed by atoms with Gasteiger partial charge >= 0.3 is 0 Å². The highest BCUT2D eigenvalue weighted by Gasteiger charge is 2.48. The number of hydrogen-bond acceptors (Lipinski definition) is 2. The summed E-state index contributed by atoms with van der Waals surface area (Å²) in [6, 6.07) is 0.816. The third kappa shape index (κ3) is 2.02. The van der Waals surface area contributed by atoms with E-state index >= 15 is 0 Å². The fraction of sp³-hybridized carbons (Fsp3) is 1.00. The maximum absolute atomic E-state index is 6.06. The molecule has 0 heterocycles. The Morgan fingerprint density at radius 2 is 1.81 bits per heavy atom. The molecule has 0 spiro atoms. The number of nitrogens with two attached hydrogens (primary N) is 1. The molecule has 2 aliphatic rings. The average Bonchev–Trinajstić information content (AvgIpc) is 2.68. The Labute approximate surface area is 101 Å². The van der Waals surface area contributed by atoms with Crippen molar-refractivity contribution in [3.8, 4) is 0 Å². The van der Waals surface area contributed by atoms with Crippen LogP contribution in [0.15, 0.2) is 0 Å². The van der Waals surface area contributed by atoms with Gasteiger partial charge in [0.15, 0.2) is 0 Å². The van der Waals surface area contributed by atoms with Crippen LogP contribution in [-0.4, -0.2) is 30.1 Å². The van der Waals surface area contributed by atoms with Crippen LogP contribution in [0.4, 0.5) is 0 Å². The normalized spacial score (nSPS) is 36.0. The van der Waals surface area contributed by atoms with E-state index in [1.165, 1.54) is 38.5 Å². The monoisotopic (exact) mass is 224 g/mol. The molecule has 0 unspecified atom stereocenters. The van der Waals surface area contributed by atoms with Crippen LogP contribution in [0.2, 0.25) is 0 Å². The van der Waals surface area contributed by atoms with Crippen molar-refractivity contribution in [2.45, 2.75) is 64.0 Å². The van der Waals surface area contributed by atoms with Crippen molar-refractivity contribution in [1.29, 1.82) is 0 Å². The van der Waals surface area contributed by atoms with Crippen molar-refractivity contribution >= 4 is 0 Å². The van der Waals surface area contributed by atoms with E-state index in [4.69, 9.17) is 5.73 Å². The first kappa shape index (κ1) is 12.4. The molecule has 0 atom stereocenters. The second-order valence-corrected chi connectivity index (χ2v) is 6.39. The lowest BCUT2D eigenvalue weighted by molar-refractivity contribution is -0.0417. The fourth-order valence-electron chi connectivity index (χ4n) is 3.67. The highest BCUT2D eigenvalue weighted by atomic mass is 15.2. The first-order chi connectivity index (χ1) is 7.59. The lowest BCUT2D eigenvalue weighted by Gasteiger charge is -2.56. The van der Waals surface area contributed by atoms with Gasteiger partial charge in [-0.3, -0.25) is 4.90 Å². The van der Waals surface area contributed by atoms with Gasteiger partial charge in [-0.05, 0) is 44.6 Å². The molecular formula is C14H28N2. The van der Waals surface area contributed by atoms with Crippen molar-refractivity contribution in [3.63, 3.8) is 0 Å². The molecule has 94 valence electrons. The van der Waals surface area contributed by atoms with Crippen molar-refractivity contribution < 1.29 is 0 Å². The maximum Gasteiger partial charge on any atom is 0.0337 e. The summed E-state index contributed by atoms with van der Waals surface area (Å²) in [4.78, 5) is 2.64. The third-order valence-corrected chi connectivity index (χ3v) is 5.23. The molecule has 2 N–H and O–H groups in total. The Kier molecular flexibility index (Phi) is 3.60. The van der Waals surface area contributed by atoms with Crippen molar-refractivity contribution in [1.82, 2.24) is 4.90 Å². The zero-order valence-corrected chi connectivity index (χ0v) is 11.2. The largest absolute Gasteiger partial charge is 0.329 e. The molecule has 2 fully saturated rings. The predicted molar refractivity (Wildman–Crippen MR) is 69.4 cm³/mol. The van der Waals surface area contributed by atoms with Gasteiger partial charge in [-0.1, -0.05) is 26.7 Å². The van der Waals surface area contributed by atoms with E-state index in [0.717, 1.165) is 24.4 Å². The SMILES string of the molecule is CC(C)C1CC(CN)(N(C)C2CCCC2)C1. The van der Waals surface area contributed by atoms with Gasteiger partial charge in [0.25, 0.3) is 0 Å². The van der Waals surface area contributed by atoms with Crippen LogP contribution in [0.5, 0.6) is 0 Å². The van der Waals surface area contributed by atoms with E-state index in [1.54, 1.807) is 0 Å². The summed E-state index contributed by atoms with van der Waals surface area (Å²) < 4.78 is 0. The molecule has 0 aromatic carbocycles. The van der Waals surface area contributed by atoms with Crippen LogP contribution in [0.1, 0.15) is 52.4 Å². The summed E-state index contributed by atoms with van der Waals surface area (Å²) in [7, 11) is 2.32. The van der Waals surface area contributed by atoms with Gasteiger partial charge < -0.3 is 5.73 Å². The Hall–Kier alpha value is -0.0800. The molecular weight excluding hydrogens is 196 g/mol. The molecule has 0 radical (unpaired) electrons. The average molecular weight is 224 g/mol. The second kappa shape index (κ2) is 4.66. The van der Waals surface area contributed by atoms with Crippen LogP contribution in [0.3, 0.4) is 0 Å². The van der Waals surface area contributed by atoms with Crippen LogP contribution >= 0.6 is 0 Å². The summed E-state index contributed by atoms with van der Waals surface area (Å²) in [6.07, 6.45) is 8.28. The molecule has 2 nitrogen and oxygen atoms in total. The van der Waals surface area contributed by atoms with Crippen molar-refractivity contribution in [3.05, 3.63) is 0 Å². The lowest BCUT2D eigenvalue weighted by Crippen LogP contribution is -2.63. The molecule has 2 aliphatic carbocycles. The summed E-state index contributed by atoms with van der Waals surface area (Å²) in [5.74, 6) is 1.74. The van der Waals surface area contributed by atoms with E-state index in [9.17, 15) is 0 Å². The topological polar surface area (TPSA) is 29.3 Å². The fourth-order valence-corrected chi connectivity index (χ4v) is 3.67. The predicted octanol–water partition coefficient (Wildman–Crippen LogP) is 2.62. The molecule has 0 saturated heterocycles. The smallest absolute Gasteiger partial charge is 0.0337 e. The Balaban J connectivity index is 1.95. The first-order valence-electron chi connectivity index (χ1n) is 7.02. The Morgan fingerprint density at radius 3 is 2.25 bits per heavy atom. The highest BCUT2D eigenvalue weighted by molar-refractivity contribution is 5.05. The summed E-state index contributed by atoms with van der Waals surface area (Å²) >= 11 is 0. The van der Waals surface area contributed by atoms with Gasteiger partial charge in [-0.2, -0.15) is 0 Å². The molecule has 0 aliphatic heterocycles. The molecule has 2 rings (SSSR count). The van der Waals surface area contributed by atoms with E-state index in [1.807, 2.05) is 0 Å². The van der Waals surface area contributed by atoms with E-state index < -0.39 is 0 Å². The summed E-state index contributed by atoms with van der Waals surface area (Å²) in [6.45, 7) is 5.55. The van der Waals surface area contributed by atoms with Gasteiger partial charge in [-0.15, -0.1) is 0 Å². The highest BCUT2D eigenvalue weighted by Crippen LogP contribution is 2.46. The number of rotatable bonds is 4. The first-order valence-corrected chi connectivity index (χ1v) is 7.02. The van der Waals surface area contributed by atoms with Crippen LogP contribution in [-0.2, 0) is 0 Å². The molecule has 16 heavy (non-hydrogen) atoms. The summed E-state index contributed by atoms with van der Waals surface area (Å²) in [5.41, 5.74) is 6.41.